The average molecular weight is 157 g/mol. The number of nitrogens with zero attached hydrogens (tertiary/aromatic N) is 1. The van der Waals surface area contributed by atoms with Crippen LogP contribution in [0.2, 0.25) is 0 Å². The van der Waals surface area contributed by atoms with E-state index in [-0.39, 0.29) is 5.82 Å². The molecule has 1 heterocycles. The number of hydrogen-bond acceptors (Lipinski definition) is 2. The maximum atomic E-state index is 12.7. The van der Waals surface area contributed by atoms with Crippen molar-refractivity contribution in [3.8, 4) is 0 Å². The molecule has 0 spiro atoms. The van der Waals surface area contributed by atoms with Gasteiger partial charge in [0.2, 0.25) is 0 Å². The molecule has 0 saturated heterocycles. The van der Waals surface area contributed by atoms with E-state index in [9.17, 15) is 4.39 Å². The zero-order valence-corrected chi connectivity index (χ0v) is 6.49. The van der Waals surface area contributed by atoms with Crippen LogP contribution in [0.4, 0.5) is 4.39 Å². The van der Waals surface area contributed by atoms with Gasteiger partial charge in [-0.2, -0.15) is 11.8 Å². The lowest BCUT2D eigenvalue weighted by Crippen LogP contribution is -1.89. The first-order valence-corrected chi connectivity index (χ1v) is 4.32. The van der Waals surface area contributed by atoms with E-state index in [1.807, 2.05) is 6.26 Å². The van der Waals surface area contributed by atoms with Gasteiger partial charge in [0.15, 0.2) is 0 Å². The monoisotopic (exact) mass is 157 g/mol. The maximum absolute atomic E-state index is 12.7. The first-order valence-electron chi connectivity index (χ1n) is 2.93. The van der Waals surface area contributed by atoms with Crippen LogP contribution in [0.1, 0.15) is 5.69 Å². The van der Waals surface area contributed by atoms with Crippen molar-refractivity contribution in [2.24, 2.45) is 0 Å². The highest BCUT2D eigenvalue weighted by Gasteiger charge is 1.98. The van der Waals surface area contributed by atoms with E-state index in [1.165, 1.54) is 6.07 Å². The van der Waals surface area contributed by atoms with Crippen molar-refractivity contribution in [1.82, 2.24) is 4.98 Å². The van der Waals surface area contributed by atoms with Gasteiger partial charge in [-0.05, 0) is 18.4 Å². The van der Waals surface area contributed by atoms with Crippen molar-refractivity contribution < 1.29 is 4.39 Å². The molecule has 0 aliphatic rings. The van der Waals surface area contributed by atoms with Crippen molar-refractivity contribution in [3.63, 3.8) is 0 Å². The first kappa shape index (κ1) is 7.54. The molecule has 0 fully saturated rings. The number of hydrogen-bond donors (Lipinski definition) is 0. The van der Waals surface area contributed by atoms with Crippen LogP contribution in [0, 0.1) is 5.82 Å². The molecule has 0 atom stereocenters. The van der Waals surface area contributed by atoms with Gasteiger partial charge in [0.1, 0.15) is 5.82 Å². The molecule has 1 aromatic rings. The molecule has 0 unspecified atom stereocenters. The van der Waals surface area contributed by atoms with E-state index >= 15 is 0 Å². The Morgan fingerprint density at radius 3 is 3.10 bits per heavy atom. The van der Waals surface area contributed by atoms with Gasteiger partial charge in [-0.3, -0.25) is 4.98 Å². The van der Waals surface area contributed by atoms with Crippen molar-refractivity contribution in [2.75, 3.05) is 6.26 Å². The summed E-state index contributed by atoms with van der Waals surface area (Å²) in [5, 5.41) is 0. The molecule has 0 aliphatic heterocycles. The zero-order chi connectivity index (χ0) is 7.40. The number of halogens is 1. The Balaban J connectivity index is 2.81. The van der Waals surface area contributed by atoms with Gasteiger partial charge < -0.3 is 0 Å². The molecule has 1 aromatic heterocycles. The van der Waals surface area contributed by atoms with Gasteiger partial charge in [0.25, 0.3) is 0 Å². The van der Waals surface area contributed by atoms with Crippen LogP contribution in [-0.2, 0) is 5.75 Å². The van der Waals surface area contributed by atoms with Crippen molar-refractivity contribution in [2.45, 2.75) is 5.75 Å². The average Bonchev–Trinajstić information content (AvgIpc) is 1.94. The lowest BCUT2D eigenvalue weighted by atomic mass is 10.4. The molecule has 1 nitrogen and oxygen atoms in total. The van der Waals surface area contributed by atoms with Crippen LogP contribution in [0.15, 0.2) is 18.3 Å². The summed E-state index contributed by atoms with van der Waals surface area (Å²) in [6.07, 6.45) is 3.53. The van der Waals surface area contributed by atoms with Gasteiger partial charge >= 0.3 is 0 Å². The second kappa shape index (κ2) is 3.56. The molecular formula is C7H8FNS. The summed E-state index contributed by atoms with van der Waals surface area (Å²) < 4.78 is 12.7. The summed E-state index contributed by atoms with van der Waals surface area (Å²) in [5.41, 5.74) is 0.537. The van der Waals surface area contributed by atoms with Gasteiger partial charge in [-0.25, -0.2) is 4.39 Å². The Labute approximate surface area is 63.7 Å². The minimum Gasteiger partial charge on any atom is -0.257 e. The smallest absolute Gasteiger partial charge is 0.145 e. The second-order valence-electron chi connectivity index (χ2n) is 1.86. The Morgan fingerprint density at radius 1 is 1.70 bits per heavy atom. The molecule has 0 saturated carbocycles. The molecule has 0 radical (unpaired) electrons. The minimum atomic E-state index is -0.211. The molecule has 0 aliphatic carbocycles. The van der Waals surface area contributed by atoms with Crippen LogP contribution in [0.3, 0.4) is 0 Å². The zero-order valence-electron chi connectivity index (χ0n) is 5.67. The molecule has 0 amide bonds. The van der Waals surface area contributed by atoms with E-state index in [0.29, 0.717) is 11.4 Å². The Morgan fingerprint density at radius 2 is 2.50 bits per heavy atom. The topological polar surface area (TPSA) is 12.9 Å². The van der Waals surface area contributed by atoms with Gasteiger partial charge in [-0.1, -0.05) is 0 Å². The SMILES string of the molecule is CSCc1ncccc1F. The van der Waals surface area contributed by atoms with E-state index in [0.717, 1.165) is 0 Å². The summed E-state index contributed by atoms with van der Waals surface area (Å²) in [6.45, 7) is 0. The third kappa shape index (κ3) is 1.70. The quantitative estimate of drug-likeness (QED) is 0.652. The molecule has 10 heavy (non-hydrogen) atoms. The highest BCUT2D eigenvalue weighted by Crippen LogP contribution is 2.09. The van der Waals surface area contributed by atoms with Gasteiger partial charge in [0.05, 0.1) is 5.69 Å². The highest BCUT2D eigenvalue weighted by molar-refractivity contribution is 7.97. The Bertz CT molecular complexity index is 215. The lowest BCUT2D eigenvalue weighted by molar-refractivity contribution is 0.608. The van der Waals surface area contributed by atoms with E-state index in [4.69, 9.17) is 0 Å². The molecule has 0 aromatic carbocycles. The largest absolute Gasteiger partial charge is 0.257 e. The maximum Gasteiger partial charge on any atom is 0.145 e. The molecule has 0 bridgehead atoms. The van der Waals surface area contributed by atoms with Crippen molar-refractivity contribution >= 4 is 11.8 Å². The summed E-state index contributed by atoms with van der Waals surface area (Å²) in [5.74, 6) is 0.434. The van der Waals surface area contributed by atoms with Gasteiger partial charge in [0, 0.05) is 11.9 Å². The van der Waals surface area contributed by atoms with E-state index < -0.39 is 0 Å². The summed E-state index contributed by atoms with van der Waals surface area (Å²) in [7, 11) is 0. The number of thioether (sulfide) groups is 1. The fourth-order valence-electron chi connectivity index (χ4n) is 0.661. The van der Waals surface area contributed by atoms with Crippen LogP contribution in [-0.4, -0.2) is 11.2 Å². The molecule has 3 heteroatoms. The Kier molecular flexibility index (Phi) is 2.68. The molecule has 0 N–H and O–H groups in total. The van der Waals surface area contributed by atoms with E-state index in [1.54, 1.807) is 24.0 Å². The predicted octanol–water partition coefficient (Wildman–Crippen LogP) is 2.08. The lowest BCUT2D eigenvalue weighted by Gasteiger charge is -1.96. The fourth-order valence-corrected chi connectivity index (χ4v) is 1.15. The van der Waals surface area contributed by atoms with Crippen LogP contribution in [0.5, 0.6) is 0 Å². The van der Waals surface area contributed by atoms with Crippen LogP contribution >= 0.6 is 11.8 Å². The molecule has 1 rings (SSSR count). The normalized spacial score (nSPS) is 9.80. The van der Waals surface area contributed by atoms with Gasteiger partial charge in [-0.15, -0.1) is 0 Å². The third-order valence-corrected chi connectivity index (χ3v) is 1.68. The standard InChI is InChI=1S/C7H8FNS/c1-10-5-7-6(8)3-2-4-9-7/h2-4H,5H2,1H3. The Hall–Kier alpha value is -0.570. The number of aromatic nitrogens is 1. The molecule has 54 valence electrons. The number of pyridine rings is 1. The summed E-state index contributed by atoms with van der Waals surface area (Å²) >= 11 is 1.57. The first-order chi connectivity index (χ1) is 4.84. The molecular weight excluding hydrogens is 149 g/mol. The number of rotatable bonds is 2. The van der Waals surface area contributed by atoms with E-state index in [2.05, 4.69) is 4.98 Å². The second-order valence-corrected chi connectivity index (χ2v) is 2.73. The third-order valence-electron chi connectivity index (χ3n) is 1.12. The van der Waals surface area contributed by atoms with Crippen molar-refractivity contribution in [1.29, 1.82) is 0 Å². The predicted molar refractivity (Wildman–Crippen MR) is 41.4 cm³/mol. The van der Waals surface area contributed by atoms with Crippen LogP contribution in [0.25, 0.3) is 0 Å². The summed E-state index contributed by atoms with van der Waals surface area (Å²) in [4.78, 5) is 3.87. The van der Waals surface area contributed by atoms with Crippen LogP contribution < -0.4 is 0 Å². The minimum absolute atomic E-state index is 0.211. The summed E-state index contributed by atoms with van der Waals surface area (Å²) in [6, 6.07) is 3.03. The highest BCUT2D eigenvalue weighted by atomic mass is 32.2. The van der Waals surface area contributed by atoms with Crippen molar-refractivity contribution in [3.05, 3.63) is 29.8 Å². The fraction of sp³-hybridized carbons (Fsp3) is 0.286.